The Bertz CT molecular complexity index is 241. The second-order valence-corrected chi connectivity index (χ2v) is 3.00. The number of aromatic nitrogens is 1. The zero-order valence-electron chi connectivity index (χ0n) is 7.75. The van der Waals surface area contributed by atoms with Crippen molar-refractivity contribution in [3.05, 3.63) is 23.9 Å². The predicted octanol–water partition coefficient (Wildman–Crippen LogP) is 2.57. The van der Waals surface area contributed by atoms with Gasteiger partial charge in [0.05, 0.1) is 0 Å². The lowest BCUT2D eigenvalue weighted by molar-refractivity contribution is 0.624. The van der Waals surface area contributed by atoms with Gasteiger partial charge in [0.25, 0.3) is 0 Å². The standard InChI is InChI=1S/C10H16N2/c1-3-8(4-2)9-6-5-7-10(11)12-9/h5-8H,3-4H2,1-2H3,(H2,11,12). The fraction of sp³-hybridized carbons (Fsp3) is 0.500. The van der Waals surface area contributed by atoms with Gasteiger partial charge in [0.15, 0.2) is 0 Å². The van der Waals surface area contributed by atoms with Gasteiger partial charge < -0.3 is 5.73 Å². The van der Waals surface area contributed by atoms with E-state index in [4.69, 9.17) is 5.73 Å². The Morgan fingerprint density at radius 3 is 2.50 bits per heavy atom. The van der Waals surface area contributed by atoms with E-state index in [1.807, 2.05) is 18.2 Å². The highest BCUT2D eigenvalue weighted by Gasteiger charge is 2.07. The van der Waals surface area contributed by atoms with Gasteiger partial charge in [-0.25, -0.2) is 4.98 Å². The van der Waals surface area contributed by atoms with Crippen molar-refractivity contribution in [3.8, 4) is 0 Å². The van der Waals surface area contributed by atoms with E-state index in [2.05, 4.69) is 18.8 Å². The summed E-state index contributed by atoms with van der Waals surface area (Å²) < 4.78 is 0. The van der Waals surface area contributed by atoms with Crippen LogP contribution in [0.15, 0.2) is 18.2 Å². The monoisotopic (exact) mass is 164 g/mol. The van der Waals surface area contributed by atoms with E-state index in [0.717, 1.165) is 18.5 Å². The summed E-state index contributed by atoms with van der Waals surface area (Å²) in [6.07, 6.45) is 2.26. The van der Waals surface area contributed by atoms with Gasteiger partial charge in [-0.2, -0.15) is 0 Å². The molecule has 2 N–H and O–H groups in total. The summed E-state index contributed by atoms with van der Waals surface area (Å²) in [4.78, 5) is 4.29. The Hall–Kier alpha value is -1.05. The minimum absolute atomic E-state index is 0.563. The summed E-state index contributed by atoms with van der Waals surface area (Å²) in [5.74, 6) is 1.19. The quantitative estimate of drug-likeness (QED) is 0.745. The molecule has 1 heterocycles. The molecule has 0 unspecified atom stereocenters. The van der Waals surface area contributed by atoms with E-state index in [-0.39, 0.29) is 0 Å². The van der Waals surface area contributed by atoms with E-state index in [0.29, 0.717) is 11.7 Å². The van der Waals surface area contributed by atoms with Crippen LogP contribution in [0.3, 0.4) is 0 Å². The van der Waals surface area contributed by atoms with Gasteiger partial charge >= 0.3 is 0 Å². The van der Waals surface area contributed by atoms with E-state index in [1.165, 1.54) is 0 Å². The van der Waals surface area contributed by atoms with Crippen LogP contribution in [0.4, 0.5) is 5.82 Å². The van der Waals surface area contributed by atoms with Gasteiger partial charge in [-0.1, -0.05) is 19.9 Å². The third-order valence-electron chi connectivity index (χ3n) is 2.20. The zero-order valence-corrected chi connectivity index (χ0v) is 7.75. The Morgan fingerprint density at radius 1 is 1.33 bits per heavy atom. The SMILES string of the molecule is CCC(CC)c1cccc(N)n1. The van der Waals surface area contributed by atoms with Gasteiger partial charge in [-0.05, 0) is 25.0 Å². The first kappa shape index (κ1) is 9.04. The fourth-order valence-electron chi connectivity index (χ4n) is 1.40. The molecule has 0 aliphatic rings. The Morgan fingerprint density at radius 2 is 2.00 bits per heavy atom. The molecule has 12 heavy (non-hydrogen) atoms. The van der Waals surface area contributed by atoms with Gasteiger partial charge in [-0.3, -0.25) is 0 Å². The zero-order chi connectivity index (χ0) is 8.97. The molecule has 0 fully saturated rings. The molecule has 0 spiro atoms. The number of pyridine rings is 1. The molecule has 0 aliphatic carbocycles. The molecule has 0 atom stereocenters. The van der Waals surface area contributed by atoms with Crippen molar-refractivity contribution >= 4 is 5.82 Å². The topological polar surface area (TPSA) is 38.9 Å². The van der Waals surface area contributed by atoms with Crippen LogP contribution >= 0.6 is 0 Å². The molecule has 1 rings (SSSR count). The molecule has 0 radical (unpaired) electrons. The van der Waals surface area contributed by atoms with Crippen molar-refractivity contribution in [2.24, 2.45) is 0 Å². The van der Waals surface area contributed by atoms with Crippen molar-refractivity contribution in [2.45, 2.75) is 32.6 Å². The molecule has 2 heteroatoms. The molecule has 0 bridgehead atoms. The Labute approximate surface area is 73.8 Å². The second kappa shape index (κ2) is 4.10. The summed E-state index contributed by atoms with van der Waals surface area (Å²) in [6.45, 7) is 4.36. The van der Waals surface area contributed by atoms with Gasteiger partial charge in [-0.15, -0.1) is 0 Å². The molecule has 2 nitrogen and oxygen atoms in total. The molecule has 1 aromatic heterocycles. The van der Waals surface area contributed by atoms with Gasteiger partial charge in [0, 0.05) is 11.6 Å². The maximum Gasteiger partial charge on any atom is 0.123 e. The number of nitrogens with two attached hydrogens (primary N) is 1. The van der Waals surface area contributed by atoms with E-state index >= 15 is 0 Å². The highest BCUT2D eigenvalue weighted by Crippen LogP contribution is 2.21. The number of hydrogen-bond acceptors (Lipinski definition) is 2. The van der Waals surface area contributed by atoms with Crippen molar-refractivity contribution in [2.75, 3.05) is 5.73 Å². The first-order chi connectivity index (χ1) is 5.77. The lowest BCUT2D eigenvalue weighted by Gasteiger charge is -2.11. The van der Waals surface area contributed by atoms with E-state index < -0.39 is 0 Å². The predicted molar refractivity (Wildman–Crippen MR) is 52.0 cm³/mol. The molecule has 0 aliphatic heterocycles. The normalized spacial score (nSPS) is 10.6. The van der Waals surface area contributed by atoms with Crippen LogP contribution in [0.2, 0.25) is 0 Å². The minimum Gasteiger partial charge on any atom is -0.384 e. The molecular formula is C10H16N2. The third-order valence-corrected chi connectivity index (χ3v) is 2.20. The number of nitrogens with zero attached hydrogens (tertiary/aromatic N) is 1. The number of nitrogen functional groups attached to an aromatic ring is 1. The lowest BCUT2D eigenvalue weighted by atomic mass is 9.99. The van der Waals surface area contributed by atoms with Crippen molar-refractivity contribution in [1.29, 1.82) is 0 Å². The fourth-order valence-corrected chi connectivity index (χ4v) is 1.40. The summed E-state index contributed by atoms with van der Waals surface area (Å²) in [7, 11) is 0. The van der Waals surface area contributed by atoms with Crippen molar-refractivity contribution < 1.29 is 0 Å². The molecule has 0 aromatic carbocycles. The van der Waals surface area contributed by atoms with Gasteiger partial charge in [0.2, 0.25) is 0 Å². The number of hydrogen-bond donors (Lipinski definition) is 1. The smallest absolute Gasteiger partial charge is 0.123 e. The molecule has 0 saturated heterocycles. The third kappa shape index (κ3) is 1.97. The molecule has 0 saturated carbocycles. The first-order valence-electron chi connectivity index (χ1n) is 4.50. The second-order valence-electron chi connectivity index (χ2n) is 3.00. The largest absolute Gasteiger partial charge is 0.384 e. The Kier molecular flexibility index (Phi) is 3.09. The maximum atomic E-state index is 5.59. The highest BCUT2D eigenvalue weighted by atomic mass is 14.8. The lowest BCUT2D eigenvalue weighted by Crippen LogP contribution is -2.00. The van der Waals surface area contributed by atoms with Crippen LogP contribution in [0.1, 0.15) is 38.3 Å². The summed E-state index contributed by atoms with van der Waals surface area (Å²) in [5.41, 5.74) is 6.72. The summed E-state index contributed by atoms with van der Waals surface area (Å²) in [5, 5.41) is 0. The molecule has 0 amide bonds. The van der Waals surface area contributed by atoms with Crippen molar-refractivity contribution in [3.63, 3.8) is 0 Å². The van der Waals surface area contributed by atoms with Crippen molar-refractivity contribution in [1.82, 2.24) is 4.98 Å². The maximum absolute atomic E-state index is 5.59. The Balaban J connectivity index is 2.85. The van der Waals surface area contributed by atoms with Crippen LogP contribution in [0.5, 0.6) is 0 Å². The van der Waals surface area contributed by atoms with E-state index in [1.54, 1.807) is 0 Å². The van der Waals surface area contributed by atoms with E-state index in [9.17, 15) is 0 Å². The average molecular weight is 164 g/mol. The molecule has 66 valence electrons. The van der Waals surface area contributed by atoms with Crippen LogP contribution in [-0.2, 0) is 0 Å². The van der Waals surface area contributed by atoms with Crippen LogP contribution in [0, 0.1) is 0 Å². The van der Waals surface area contributed by atoms with Crippen LogP contribution in [0.25, 0.3) is 0 Å². The first-order valence-corrected chi connectivity index (χ1v) is 4.50. The average Bonchev–Trinajstić information content (AvgIpc) is 2.07. The number of rotatable bonds is 3. The molecule has 1 aromatic rings. The van der Waals surface area contributed by atoms with Crippen LogP contribution in [-0.4, -0.2) is 4.98 Å². The molecular weight excluding hydrogens is 148 g/mol. The van der Waals surface area contributed by atoms with Gasteiger partial charge in [0.1, 0.15) is 5.82 Å². The summed E-state index contributed by atoms with van der Waals surface area (Å²) >= 11 is 0. The summed E-state index contributed by atoms with van der Waals surface area (Å²) in [6, 6.07) is 5.84. The highest BCUT2D eigenvalue weighted by molar-refractivity contribution is 5.29. The minimum atomic E-state index is 0.563. The van der Waals surface area contributed by atoms with Crippen LogP contribution < -0.4 is 5.73 Å². The number of anilines is 1.